The number of hydrogen-bond donors (Lipinski definition) is 0. The number of benzene rings is 2. The molecule has 0 unspecified atom stereocenters. The van der Waals surface area contributed by atoms with E-state index in [1.807, 2.05) is 31.2 Å². The van der Waals surface area contributed by atoms with Crippen LogP contribution in [-0.4, -0.2) is 4.92 Å². The van der Waals surface area contributed by atoms with Gasteiger partial charge in [0.2, 0.25) is 6.20 Å². The Labute approximate surface area is 145 Å². The first kappa shape index (κ1) is 16.7. The van der Waals surface area contributed by atoms with E-state index in [-0.39, 0.29) is 0 Å². The van der Waals surface area contributed by atoms with Gasteiger partial charge in [0.15, 0.2) is 0 Å². The van der Waals surface area contributed by atoms with Crippen LogP contribution in [0.2, 0.25) is 0 Å². The summed E-state index contributed by atoms with van der Waals surface area (Å²) in [6.07, 6.45) is 2.33. The zero-order chi connectivity index (χ0) is 16.1. The van der Waals surface area contributed by atoms with Gasteiger partial charge in [-0.1, -0.05) is 29.8 Å². The molecule has 0 radical (unpaired) electrons. The Kier molecular flexibility index (Phi) is 5.74. The van der Waals surface area contributed by atoms with Crippen molar-refractivity contribution in [2.24, 2.45) is 0 Å². The average Bonchev–Trinajstić information content (AvgIpc) is 2.46. The average molecular weight is 427 g/mol. The Morgan fingerprint density at radius 1 is 1.18 bits per heavy atom. The van der Waals surface area contributed by atoms with Crippen molar-refractivity contribution >= 4 is 37.9 Å². The van der Waals surface area contributed by atoms with Crippen LogP contribution < -0.4 is 4.74 Å². The summed E-state index contributed by atoms with van der Waals surface area (Å²) in [6, 6.07) is 11.7. The molecule has 2 aromatic carbocycles. The predicted octanol–water partition coefficient (Wildman–Crippen LogP) is 5.35. The summed E-state index contributed by atoms with van der Waals surface area (Å²) in [5.74, 6) is 0.666. The molecule has 0 amide bonds. The molecule has 114 valence electrons. The number of rotatable bonds is 5. The highest BCUT2D eigenvalue weighted by molar-refractivity contribution is 9.11. The zero-order valence-electron chi connectivity index (χ0n) is 11.8. The van der Waals surface area contributed by atoms with Crippen LogP contribution in [0.3, 0.4) is 0 Å². The lowest BCUT2D eigenvalue weighted by Crippen LogP contribution is -1.97. The molecule has 0 fully saturated rings. The maximum atomic E-state index is 10.4. The van der Waals surface area contributed by atoms with Gasteiger partial charge in [0, 0.05) is 6.08 Å². The van der Waals surface area contributed by atoms with Gasteiger partial charge in [0.25, 0.3) is 0 Å². The number of hydrogen-bond acceptors (Lipinski definition) is 3. The molecule has 0 aliphatic carbocycles. The topological polar surface area (TPSA) is 52.4 Å². The molecule has 6 heteroatoms. The molecule has 0 saturated carbocycles. The van der Waals surface area contributed by atoms with E-state index in [2.05, 4.69) is 31.9 Å². The Morgan fingerprint density at radius 2 is 1.77 bits per heavy atom. The lowest BCUT2D eigenvalue weighted by atomic mass is 10.2. The van der Waals surface area contributed by atoms with Crippen LogP contribution in [0.25, 0.3) is 6.08 Å². The van der Waals surface area contributed by atoms with Crippen LogP contribution in [0.4, 0.5) is 0 Å². The van der Waals surface area contributed by atoms with Crippen molar-refractivity contribution in [2.45, 2.75) is 13.5 Å². The van der Waals surface area contributed by atoms with Crippen molar-refractivity contribution in [3.05, 3.63) is 78.3 Å². The summed E-state index contributed by atoms with van der Waals surface area (Å²) in [6.45, 7) is 2.48. The minimum atomic E-state index is -0.496. The van der Waals surface area contributed by atoms with E-state index in [4.69, 9.17) is 4.74 Å². The summed E-state index contributed by atoms with van der Waals surface area (Å²) in [7, 11) is 0. The van der Waals surface area contributed by atoms with Gasteiger partial charge in [0.05, 0.1) is 13.9 Å². The molecule has 0 spiro atoms. The predicted molar refractivity (Wildman–Crippen MR) is 93.4 cm³/mol. The highest BCUT2D eigenvalue weighted by Crippen LogP contribution is 2.35. The Hall–Kier alpha value is -1.66. The largest absolute Gasteiger partial charge is 0.487 e. The smallest absolute Gasteiger partial charge is 0.235 e. The molecule has 0 N–H and O–H groups in total. The number of ether oxygens (including phenoxy) is 1. The van der Waals surface area contributed by atoms with Crippen molar-refractivity contribution in [2.75, 3.05) is 0 Å². The molecule has 0 saturated heterocycles. The molecule has 0 bridgehead atoms. The van der Waals surface area contributed by atoms with Crippen molar-refractivity contribution in [1.29, 1.82) is 0 Å². The summed E-state index contributed by atoms with van der Waals surface area (Å²) >= 11 is 6.86. The molecule has 0 aromatic heterocycles. The van der Waals surface area contributed by atoms with E-state index >= 15 is 0 Å². The quantitative estimate of drug-likeness (QED) is 0.478. The normalized spacial score (nSPS) is 10.9. The van der Waals surface area contributed by atoms with Crippen molar-refractivity contribution in [1.82, 2.24) is 0 Å². The van der Waals surface area contributed by atoms with E-state index in [1.165, 1.54) is 11.6 Å². The summed E-state index contributed by atoms with van der Waals surface area (Å²) in [5, 5.41) is 10.4. The summed E-state index contributed by atoms with van der Waals surface area (Å²) < 4.78 is 7.29. The second kappa shape index (κ2) is 7.56. The van der Waals surface area contributed by atoms with Crippen molar-refractivity contribution in [3.8, 4) is 5.75 Å². The molecule has 0 aliphatic heterocycles. The molecule has 4 nitrogen and oxygen atoms in total. The Morgan fingerprint density at radius 3 is 2.32 bits per heavy atom. The summed E-state index contributed by atoms with van der Waals surface area (Å²) in [5.41, 5.74) is 2.98. The molecular weight excluding hydrogens is 414 g/mol. The maximum Gasteiger partial charge on any atom is 0.235 e. The van der Waals surface area contributed by atoms with Crippen molar-refractivity contribution in [3.63, 3.8) is 0 Å². The fourth-order valence-electron chi connectivity index (χ4n) is 1.80. The highest BCUT2D eigenvalue weighted by Gasteiger charge is 2.09. The fourth-order valence-corrected chi connectivity index (χ4v) is 3.25. The molecular formula is C16H13Br2NO3. The SMILES string of the molecule is Cc1ccc(COc2c(Br)cc(C=C[N+](=O)[O-])cc2Br)cc1. The number of aryl methyl sites for hydroxylation is 1. The van der Waals surface area contributed by atoms with Crippen LogP contribution >= 0.6 is 31.9 Å². The van der Waals surface area contributed by atoms with Gasteiger partial charge in [-0.2, -0.15) is 0 Å². The molecule has 0 atom stereocenters. The monoisotopic (exact) mass is 425 g/mol. The number of halogens is 2. The van der Waals surface area contributed by atoms with Gasteiger partial charge in [0.1, 0.15) is 12.4 Å². The Balaban J connectivity index is 2.14. The van der Waals surface area contributed by atoms with Crippen LogP contribution in [0.1, 0.15) is 16.7 Å². The first-order valence-electron chi connectivity index (χ1n) is 6.45. The third kappa shape index (κ3) is 4.68. The van der Waals surface area contributed by atoms with E-state index in [9.17, 15) is 10.1 Å². The number of nitro groups is 1. The summed E-state index contributed by atoms with van der Waals surface area (Å²) in [4.78, 5) is 9.87. The third-order valence-corrected chi connectivity index (χ3v) is 4.09. The standard InChI is InChI=1S/C16H13Br2NO3/c1-11-2-4-12(5-3-11)10-22-16-14(17)8-13(9-15(16)18)6-7-19(20)21/h2-9H,10H2,1H3. The number of nitrogens with zero attached hydrogens (tertiary/aromatic N) is 1. The van der Waals surface area contributed by atoms with Gasteiger partial charge in [-0.15, -0.1) is 0 Å². The van der Waals surface area contributed by atoms with Crippen LogP contribution in [0.15, 0.2) is 51.5 Å². The Bertz CT molecular complexity index is 689. The van der Waals surface area contributed by atoms with Crippen LogP contribution in [0.5, 0.6) is 5.75 Å². The molecule has 0 heterocycles. The third-order valence-electron chi connectivity index (χ3n) is 2.91. The van der Waals surface area contributed by atoms with Gasteiger partial charge in [-0.25, -0.2) is 0 Å². The minimum Gasteiger partial charge on any atom is -0.487 e. The van der Waals surface area contributed by atoms with E-state index < -0.39 is 4.92 Å². The lowest BCUT2D eigenvalue weighted by molar-refractivity contribution is -0.400. The second-order valence-corrected chi connectivity index (χ2v) is 6.40. The van der Waals surface area contributed by atoms with Gasteiger partial charge < -0.3 is 4.74 Å². The maximum absolute atomic E-state index is 10.4. The van der Waals surface area contributed by atoms with E-state index in [0.29, 0.717) is 17.9 Å². The molecule has 22 heavy (non-hydrogen) atoms. The van der Waals surface area contributed by atoms with E-state index in [1.54, 1.807) is 12.1 Å². The van der Waals surface area contributed by atoms with Gasteiger partial charge in [-0.05, 0) is 62.0 Å². The molecule has 0 aliphatic rings. The zero-order valence-corrected chi connectivity index (χ0v) is 14.9. The fraction of sp³-hybridized carbons (Fsp3) is 0.125. The lowest BCUT2D eigenvalue weighted by Gasteiger charge is -2.11. The second-order valence-electron chi connectivity index (χ2n) is 4.69. The van der Waals surface area contributed by atoms with Crippen LogP contribution in [-0.2, 0) is 6.61 Å². The highest BCUT2D eigenvalue weighted by atomic mass is 79.9. The minimum absolute atomic E-state index is 0.446. The van der Waals surface area contributed by atoms with Gasteiger partial charge >= 0.3 is 0 Å². The first-order valence-corrected chi connectivity index (χ1v) is 8.03. The first-order chi connectivity index (χ1) is 10.5. The van der Waals surface area contributed by atoms with Crippen LogP contribution in [0, 0.1) is 17.0 Å². The van der Waals surface area contributed by atoms with Crippen molar-refractivity contribution < 1.29 is 9.66 Å². The van der Waals surface area contributed by atoms with E-state index in [0.717, 1.165) is 20.7 Å². The molecule has 2 rings (SSSR count). The molecule has 2 aromatic rings. The van der Waals surface area contributed by atoms with Gasteiger partial charge in [-0.3, -0.25) is 10.1 Å².